The number of aryl methyl sites for hydroxylation is 1. The first-order valence-corrected chi connectivity index (χ1v) is 6.76. The average Bonchev–Trinajstić information content (AvgIpc) is 2.53. The van der Waals surface area contributed by atoms with Crippen LogP contribution in [0.5, 0.6) is 0 Å². The maximum absolute atomic E-state index is 10.6. The van der Waals surface area contributed by atoms with Crippen molar-refractivity contribution in [2.45, 2.75) is 19.4 Å². The predicted molar refractivity (Wildman–Crippen MR) is 79.4 cm³/mol. The van der Waals surface area contributed by atoms with E-state index < -0.39 is 6.10 Å². The van der Waals surface area contributed by atoms with Crippen LogP contribution < -0.4 is 0 Å². The van der Waals surface area contributed by atoms with E-state index in [1.54, 1.807) is 12.4 Å². The van der Waals surface area contributed by atoms with Gasteiger partial charge in [0.25, 0.3) is 0 Å². The molecule has 100 valence electrons. The Kier molecular flexibility index (Phi) is 3.44. The van der Waals surface area contributed by atoms with E-state index in [9.17, 15) is 5.11 Å². The monoisotopic (exact) mass is 264 g/mol. The molecule has 0 bridgehead atoms. The third-order valence-electron chi connectivity index (χ3n) is 3.51. The Bertz CT molecular complexity index is 740. The molecular weight excluding hydrogens is 248 g/mol. The minimum atomic E-state index is -0.711. The Morgan fingerprint density at radius 3 is 2.70 bits per heavy atom. The van der Waals surface area contributed by atoms with Crippen molar-refractivity contribution in [3.63, 3.8) is 0 Å². The highest BCUT2D eigenvalue weighted by Crippen LogP contribution is 2.25. The Balaban J connectivity index is 2.05. The first kappa shape index (κ1) is 12.8. The van der Waals surface area contributed by atoms with Gasteiger partial charge < -0.3 is 5.11 Å². The molecule has 0 aliphatic carbocycles. The lowest BCUT2D eigenvalue weighted by Crippen LogP contribution is -2.06. The number of aliphatic hydroxyl groups is 1. The van der Waals surface area contributed by atoms with Crippen LogP contribution in [0.15, 0.2) is 54.9 Å². The summed E-state index contributed by atoms with van der Waals surface area (Å²) < 4.78 is 0. The van der Waals surface area contributed by atoms with Gasteiger partial charge in [-0.3, -0.25) is 9.97 Å². The Hall–Kier alpha value is -2.26. The fourth-order valence-electron chi connectivity index (χ4n) is 2.41. The Morgan fingerprint density at radius 2 is 1.85 bits per heavy atom. The molecule has 1 N–H and O–H groups in total. The van der Waals surface area contributed by atoms with Gasteiger partial charge in [-0.15, -0.1) is 0 Å². The fourth-order valence-corrected chi connectivity index (χ4v) is 2.41. The van der Waals surface area contributed by atoms with Crippen molar-refractivity contribution in [3.05, 3.63) is 71.7 Å². The molecule has 3 nitrogen and oxygen atoms in total. The van der Waals surface area contributed by atoms with Gasteiger partial charge in [-0.2, -0.15) is 0 Å². The number of aliphatic hydroxyl groups excluding tert-OH is 1. The summed E-state index contributed by atoms with van der Waals surface area (Å²) in [5.74, 6) is 0. The van der Waals surface area contributed by atoms with Gasteiger partial charge in [-0.1, -0.05) is 31.2 Å². The van der Waals surface area contributed by atoms with Crippen molar-refractivity contribution in [1.29, 1.82) is 0 Å². The lowest BCUT2D eigenvalue weighted by atomic mass is 9.99. The summed E-state index contributed by atoms with van der Waals surface area (Å²) >= 11 is 0. The van der Waals surface area contributed by atoms with E-state index in [0.717, 1.165) is 34.1 Å². The normalized spacial score (nSPS) is 12.5. The largest absolute Gasteiger partial charge is 0.382 e. The molecule has 3 rings (SSSR count). The number of benzene rings is 1. The summed E-state index contributed by atoms with van der Waals surface area (Å²) in [5, 5.41) is 11.6. The molecule has 20 heavy (non-hydrogen) atoms. The molecule has 1 unspecified atom stereocenters. The van der Waals surface area contributed by atoms with Crippen LogP contribution in [0.2, 0.25) is 0 Å². The maximum atomic E-state index is 10.6. The molecule has 0 amide bonds. The minimum absolute atomic E-state index is 0.711. The number of nitrogens with zero attached hydrogens (tertiary/aromatic N) is 2. The van der Waals surface area contributed by atoms with Crippen molar-refractivity contribution in [3.8, 4) is 0 Å². The molecule has 0 saturated heterocycles. The van der Waals surface area contributed by atoms with Crippen molar-refractivity contribution in [2.75, 3.05) is 0 Å². The highest BCUT2D eigenvalue weighted by Gasteiger charge is 2.15. The van der Waals surface area contributed by atoms with Gasteiger partial charge in [-0.05, 0) is 35.7 Å². The standard InChI is InChI=1S/C17H16N2O/c1-2-12-5-3-10-19-16(12)17(20)14-8-7-13-6-4-9-18-15(13)11-14/h3-11,17,20H,2H2,1H3. The SMILES string of the molecule is CCc1cccnc1C(O)c1ccc2cccnc2c1. The van der Waals surface area contributed by atoms with Crippen LogP contribution in [0.4, 0.5) is 0 Å². The van der Waals surface area contributed by atoms with Gasteiger partial charge in [0, 0.05) is 17.8 Å². The number of rotatable bonds is 3. The molecule has 2 aromatic heterocycles. The third-order valence-corrected chi connectivity index (χ3v) is 3.51. The zero-order chi connectivity index (χ0) is 13.9. The lowest BCUT2D eigenvalue weighted by Gasteiger charge is -2.14. The first-order valence-electron chi connectivity index (χ1n) is 6.76. The van der Waals surface area contributed by atoms with Crippen molar-refractivity contribution in [2.24, 2.45) is 0 Å². The average molecular weight is 264 g/mol. The summed E-state index contributed by atoms with van der Waals surface area (Å²) in [5.41, 5.74) is 3.51. The van der Waals surface area contributed by atoms with Gasteiger partial charge >= 0.3 is 0 Å². The third kappa shape index (κ3) is 2.28. The van der Waals surface area contributed by atoms with E-state index in [1.807, 2.05) is 42.5 Å². The molecule has 1 atom stereocenters. The Labute approximate surface area is 117 Å². The summed E-state index contributed by atoms with van der Waals surface area (Å²) in [6.07, 6.45) is 3.62. The molecule has 3 aromatic rings. The van der Waals surface area contributed by atoms with Crippen molar-refractivity contribution < 1.29 is 5.11 Å². The summed E-state index contributed by atoms with van der Waals surface area (Å²) in [6.45, 7) is 2.06. The quantitative estimate of drug-likeness (QED) is 0.789. The molecule has 0 aliphatic rings. The number of hydrogen-bond donors (Lipinski definition) is 1. The van der Waals surface area contributed by atoms with Crippen LogP contribution in [0.3, 0.4) is 0 Å². The highest BCUT2D eigenvalue weighted by atomic mass is 16.3. The molecule has 0 spiro atoms. The lowest BCUT2D eigenvalue weighted by molar-refractivity contribution is 0.214. The van der Waals surface area contributed by atoms with E-state index in [4.69, 9.17) is 0 Å². The number of aromatic nitrogens is 2. The van der Waals surface area contributed by atoms with E-state index in [2.05, 4.69) is 16.9 Å². The van der Waals surface area contributed by atoms with Crippen LogP contribution in [0.1, 0.15) is 29.8 Å². The Morgan fingerprint density at radius 1 is 1.05 bits per heavy atom. The van der Waals surface area contributed by atoms with E-state index in [-0.39, 0.29) is 0 Å². The summed E-state index contributed by atoms with van der Waals surface area (Å²) in [6, 6.07) is 13.7. The van der Waals surface area contributed by atoms with E-state index in [1.165, 1.54) is 0 Å². The smallest absolute Gasteiger partial charge is 0.121 e. The number of fused-ring (bicyclic) bond motifs is 1. The molecule has 1 aromatic carbocycles. The molecule has 0 aliphatic heterocycles. The van der Waals surface area contributed by atoms with Gasteiger partial charge in [0.1, 0.15) is 6.10 Å². The minimum Gasteiger partial charge on any atom is -0.382 e. The molecule has 3 heteroatoms. The van der Waals surface area contributed by atoms with Crippen LogP contribution in [-0.2, 0) is 6.42 Å². The molecule has 0 saturated carbocycles. The van der Waals surface area contributed by atoms with E-state index in [0.29, 0.717) is 0 Å². The van der Waals surface area contributed by atoms with Crippen molar-refractivity contribution in [1.82, 2.24) is 9.97 Å². The topological polar surface area (TPSA) is 46.0 Å². The molecule has 0 fully saturated rings. The molecule has 0 radical (unpaired) electrons. The second-order valence-corrected chi connectivity index (χ2v) is 4.76. The van der Waals surface area contributed by atoms with Gasteiger partial charge in [0.05, 0.1) is 11.2 Å². The molecule has 2 heterocycles. The fraction of sp³-hybridized carbons (Fsp3) is 0.176. The zero-order valence-corrected chi connectivity index (χ0v) is 11.3. The predicted octanol–water partition coefficient (Wildman–Crippen LogP) is 3.27. The highest BCUT2D eigenvalue weighted by molar-refractivity contribution is 5.79. The van der Waals surface area contributed by atoms with Crippen LogP contribution in [-0.4, -0.2) is 15.1 Å². The van der Waals surface area contributed by atoms with Crippen molar-refractivity contribution >= 4 is 10.9 Å². The van der Waals surface area contributed by atoms with Crippen LogP contribution >= 0.6 is 0 Å². The second-order valence-electron chi connectivity index (χ2n) is 4.76. The van der Waals surface area contributed by atoms with Gasteiger partial charge in [0.15, 0.2) is 0 Å². The van der Waals surface area contributed by atoms with Gasteiger partial charge in [-0.25, -0.2) is 0 Å². The van der Waals surface area contributed by atoms with Gasteiger partial charge in [0.2, 0.25) is 0 Å². The zero-order valence-electron chi connectivity index (χ0n) is 11.3. The summed E-state index contributed by atoms with van der Waals surface area (Å²) in [4.78, 5) is 8.66. The van der Waals surface area contributed by atoms with Crippen LogP contribution in [0.25, 0.3) is 10.9 Å². The number of hydrogen-bond acceptors (Lipinski definition) is 3. The second kappa shape index (κ2) is 5.39. The first-order chi connectivity index (χ1) is 9.79. The molecular formula is C17H16N2O. The van der Waals surface area contributed by atoms with E-state index >= 15 is 0 Å². The van der Waals surface area contributed by atoms with Crippen LogP contribution in [0, 0.1) is 0 Å². The number of pyridine rings is 2. The maximum Gasteiger partial charge on any atom is 0.121 e. The summed E-state index contributed by atoms with van der Waals surface area (Å²) in [7, 11) is 0.